The second kappa shape index (κ2) is 5.43. The molecule has 0 spiro atoms. The lowest BCUT2D eigenvalue weighted by molar-refractivity contribution is 0.219. The average Bonchev–Trinajstić information content (AvgIpc) is 2.34. The quantitative estimate of drug-likeness (QED) is 0.841. The fourth-order valence-corrected chi connectivity index (χ4v) is 2.51. The third-order valence-corrected chi connectivity index (χ3v) is 4.13. The van der Waals surface area contributed by atoms with Crippen LogP contribution in [0.2, 0.25) is 5.02 Å². The van der Waals surface area contributed by atoms with Crippen molar-refractivity contribution in [1.82, 2.24) is 0 Å². The molecule has 94 valence electrons. The summed E-state index contributed by atoms with van der Waals surface area (Å²) in [5.41, 5.74) is 3.96. The summed E-state index contributed by atoms with van der Waals surface area (Å²) in [6.07, 6.45) is -0.617. The second-order valence-electron chi connectivity index (χ2n) is 4.41. The van der Waals surface area contributed by atoms with Crippen molar-refractivity contribution in [1.29, 1.82) is 0 Å². The predicted molar refractivity (Wildman–Crippen MR) is 79.1 cm³/mol. The lowest BCUT2D eigenvalue weighted by atomic mass is 9.96. The number of benzene rings is 2. The van der Waals surface area contributed by atoms with Crippen LogP contribution in [0, 0.1) is 13.8 Å². The number of aliphatic hydroxyl groups is 1. The highest BCUT2D eigenvalue weighted by atomic mass is 79.9. The fourth-order valence-electron chi connectivity index (χ4n) is 1.92. The molecule has 2 aromatic rings. The van der Waals surface area contributed by atoms with Gasteiger partial charge >= 0.3 is 0 Å². The van der Waals surface area contributed by atoms with E-state index in [-0.39, 0.29) is 0 Å². The van der Waals surface area contributed by atoms with Crippen molar-refractivity contribution in [3.63, 3.8) is 0 Å². The van der Waals surface area contributed by atoms with Crippen LogP contribution in [-0.4, -0.2) is 5.11 Å². The van der Waals surface area contributed by atoms with E-state index in [1.54, 1.807) is 12.1 Å². The minimum atomic E-state index is -0.617. The van der Waals surface area contributed by atoms with Gasteiger partial charge in [-0.3, -0.25) is 0 Å². The molecule has 1 nitrogen and oxygen atoms in total. The summed E-state index contributed by atoms with van der Waals surface area (Å²) >= 11 is 9.35. The Kier molecular flexibility index (Phi) is 4.10. The molecule has 1 unspecified atom stereocenters. The second-order valence-corrected chi connectivity index (χ2v) is 5.70. The highest BCUT2D eigenvalue weighted by molar-refractivity contribution is 9.10. The van der Waals surface area contributed by atoms with Gasteiger partial charge in [-0.25, -0.2) is 0 Å². The van der Waals surface area contributed by atoms with Crippen LogP contribution in [0.15, 0.2) is 40.9 Å². The number of aryl methyl sites for hydroxylation is 2. The molecular formula is C15H14BrClO. The maximum atomic E-state index is 10.4. The Bertz CT molecular complexity index is 563. The molecule has 0 saturated heterocycles. The molecule has 0 aliphatic heterocycles. The maximum Gasteiger partial charge on any atom is 0.104 e. The van der Waals surface area contributed by atoms with Gasteiger partial charge in [0.1, 0.15) is 6.10 Å². The van der Waals surface area contributed by atoms with Gasteiger partial charge < -0.3 is 5.11 Å². The number of rotatable bonds is 2. The van der Waals surface area contributed by atoms with Gasteiger partial charge in [0.2, 0.25) is 0 Å². The van der Waals surface area contributed by atoms with E-state index in [0.29, 0.717) is 5.02 Å². The van der Waals surface area contributed by atoms with E-state index in [1.165, 1.54) is 0 Å². The lowest BCUT2D eigenvalue weighted by Crippen LogP contribution is -2.02. The summed E-state index contributed by atoms with van der Waals surface area (Å²) in [4.78, 5) is 0. The minimum Gasteiger partial charge on any atom is -0.384 e. The van der Waals surface area contributed by atoms with E-state index < -0.39 is 6.10 Å². The van der Waals surface area contributed by atoms with Gasteiger partial charge in [0.05, 0.1) is 0 Å². The molecule has 2 aromatic carbocycles. The Morgan fingerprint density at radius 1 is 1.06 bits per heavy atom. The van der Waals surface area contributed by atoms with E-state index in [1.807, 2.05) is 38.1 Å². The summed E-state index contributed by atoms with van der Waals surface area (Å²) in [6.45, 7) is 4.01. The number of hydrogen-bond donors (Lipinski definition) is 1. The molecule has 0 fully saturated rings. The Labute approximate surface area is 121 Å². The van der Waals surface area contributed by atoms with Crippen LogP contribution in [0.5, 0.6) is 0 Å². The van der Waals surface area contributed by atoms with Crippen LogP contribution < -0.4 is 0 Å². The molecule has 0 amide bonds. The molecule has 2 rings (SSSR count). The molecule has 0 aromatic heterocycles. The highest BCUT2D eigenvalue weighted by Crippen LogP contribution is 2.29. The molecule has 0 radical (unpaired) electrons. The van der Waals surface area contributed by atoms with Gasteiger partial charge in [-0.2, -0.15) is 0 Å². The van der Waals surface area contributed by atoms with Crippen molar-refractivity contribution < 1.29 is 5.11 Å². The SMILES string of the molecule is Cc1cc(C(O)c2ccc(Cl)cc2)c(C)cc1Br. The smallest absolute Gasteiger partial charge is 0.104 e. The first kappa shape index (κ1) is 13.6. The molecule has 0 bridgehead atoms. The zero-order valence-electron chi connectivity index (χ0n) is 10.2. The van der Waals surface area contributed by atoms with Crippen LogP contribution in [-0.2, 0) is 0 Å². The lowest BCUT2D eigenvalue weighted by Gasteiger charge is -2.16. The van der Waals surface area contributed by atoms with Gasteiger partial charge in [0.15, 0.2) is 0 Å². The number of hydrogen-bond acceptors (Lipinski definition) is 1. The van der Waals surface area contributed by atoms with Gasteiger partial charge in [-0.05, 0) is 54.3 Å². The van der Waals surface area contributed by atoms with E-state index in [4.69, 9.17) is 11.6 Å². The van der Waals surface area contributed by atoms with Crippen molar-refractivity contribution in [2.75, 3.05) is 0 Å². The molecule has 0 saturated carbocycles. The van der Waals surface area contributed by atoms with Crippen molar-refractivity contribution in [2.24, 2.45) is 0 Å². The summed E-state index contributed by atoms with van der Waals surface area (Å²) in [5.74, 6) is 0. The van der Waals surface area contributed by atoms with E-state index in [9.17, 15) is 5.11 Å². The third-order valence-electron chi connectivity index (χ3n) is 3.03. The van der Waals surface area contributed by atoms with Crippen LogP contribution >= 0.6 is 27.5 Å². The fraction of sp³-hybridized carbons (Fsp3) is 0.200. The number of halogens is 2. The van der Waals surface area contributed by atoms with E-state index >= 15 is 0 Å². The standard InChI is InChI=1S/C15H14BrClO/c1-9-8-14(16)10(2)7-13(9)15(18)11-3-5-12(17)6-4-11/h3-8,15,18H,1-2H3. The van der Waals surface area contributed by atoms with Gasteiger partial charge in [0, 0.05) is 9.50 Å². The molecule has 0 aliphatic carbocycles. The first-order valence-electron chi connectivity index (χ1n) is 5.69. The molecule has 3 heteroatoms. The Morgan fingerprint density at radius 2 is 1.67 bits per heavy atom. The third kappa shape index (κ3) is 2.77. The Hall–Kier alpha value is -0.830. The van der Waals surface area contributed by atoms with Crippen LogP contribution in [0.1, 0.15) is 28.4 Å². The van der Waals surface area contributed by atoms with Crippen LogP contribution in [0.3, 0.4) is 0 Å². The largest absolute Gasteiger partial charge is 0.384 e. The monoisotopic (exact) mass is 324 g/mol. The molecule has 0 aliphatic rings. The van der Waals surface area contributed by atoms with Crippen LogP contribution in [0.4, 0.5) is 0 Å². The average molecular weight is 326 g/mol. The van der Waals surface area contributed by atoms with Crippen molar-refractivity contribution in [2.45, 2.75) is 20.0 Å². The van der Waals surface area contributed by atoms with Gasteiger partial charge in [-0.1, -0.05) is 45.7 Å². The number of aliphatic hydroxyl groups excluding tert-OH is 1. The van der Waals surface area contributed by atoms with Crippen LogP contribution in [0.25, 0.3) is 0 Å². The van der Waals surface area contributed by atoms with Crippen molar-refractivity contribution >= 4 is 27.5 Å². The Morgan fingerprint density at radius 3 is 2.28 bits per heavy atom. The molecule has 0 heterocycles. The molecule has 18 heavy (non-hydrogen) atoms. The van der Waals surface area contributed by atoms with E-state index in [0.717, 1.165) is 26.7 Å². The van der Waals surface area contributed by atoms with Gasteiger partial charge in [-0.15, -0.1) is 0 Å². The van der Waals surface area contributed by atoms with E-state index in [2.05, 4.69) is 15.9 Å². The van der Waals surface area contributed by atoms with Gasteiger partial charge in [0.25, 0.3) is 0 Å². The normalized spacial score (nSPS) is 12.5. The predicted octanol–water partition coefficient (Wildman–Crippen LogP) is 4.80. The Balaban J connectivity index is 2.42. The summed E-state index contributed by atoms with van der Waals surface area (Å²) in [5, 5.41) is 11.1. The summed E-state index contributed by atoms with van der Waals surface area (Å²) in [7, 11) is 0. The van der Waals surface area contributed by atoms with Crippen molar-refractivity contribution in [3.8, 4) is 0 Å². The summed E-state index contributed by atoms with van der Waals surface area (Å²) < 4.78 is 1.06. The molecule has 1 N–H and O–H groups in total. The highest BCUT2D eigenvalue weighted by Gasteiger charge is 2.14. The first-order valence-corrected chi connectivity index (χ1v) is 6.86. The maximum absolute atomic E-state index is 10.4. The minimum absolute atomic E-state index is 0.617. The zero-order valence-corrected chi connectivity index (χ0v) is 12.6. The van der Waals surface area contributed by atoms with Crippen molar-refractivity contribution in [3.05, 3.63) is 68.1 Å². The zero-order chi connectivity index (χ0) is 13.3. The topological polar surface area (TPSA) is 20.2 Å². The molecular weight excluding hydrogens is 312 g/mol. The molecule has 1 atom stereocenters. The summed E-state index contributed by atoms with van der Waals surface area (Å²) in [6, 6.07) is 11.3. The first-order chi connectivity index (χ1) is 8.49.